The molecule has 2 aliphatic heterocycles. The second-order valence-electron chi connectivity index (χ2n) is 7.01. The van der Waals surface area contributed by atoms with Gasteiger partial charge in [-0.15, -0.1) is 0 Å². The van der Waals surface area contributed by atoms with E-state index in [1.165, 1.54) is 9.87 Å². The van der Waals surface area contributed by atoms with Crippen molar-refractivity contribution in [1.82, 2.24) is 4.90 Å². The van der Waals surface area contributed by atoms with Crippen molar-refractivity contribution in [2.45, 2.75) is 25.8 Å². The highest BCUT2D eigenvalue weighted by Crippen LogP contribution is 2.32. The summed E-state index contributed by atoms with van der Waals surface area (Å²) in [6.45, 7) is 1.61. The van der Waals surface area contributed by atoms with E-state index in [0.29, 0.717) is 42.3 Å². The molecule has 2 heterocycles. The molecule has 4 rings (SSSR count). The lowest BCUT2D eigenvalue weighted by Crippen LogP contribution is -2.38. The maximum atomic E-state index is 13.0. The van der Waals surface area contributed by atoms with E-state index in [2.05, 4.69) is 6.07 Å². The van der Waals surface area contributed by atoms with E-state index in [4.69, 9.17) is 11.6 Å². The van der Waals surface area contributed by atoms with Gasteiger partial charge in [0.2, 0.25) is 10.0 Å². The van der Waals surface area contributed by atoms with Gasteiger partial charge in [-0.1, -0.05) is 35.9 Å². The average Bonchev–Trinajstić information content (AvgIpc) is 2.67. The zero-order valence-corrected chi connectivity index (χ0v) is 16.5. The summed E-state index contributed by atoms with van der Waals surface area (Å²) < 4.78 is 26.2. The first kappa shape index (κ1) is 18.3. The predicted molar refractivity (Wildman–Crippen MR) is 107 cm³/mol. The van der Waals surface area contributed by atoms with Crippen LogP contribution in [0.4, 0.5) is 5.69 Å². The van der Waals surface area contributed by atoms with Crippen molar-refractivity contribution < 1.29 is 13.2 Å². The molecule has 1 saturated heterocycles. The van der Waals surface area contributed by atoms with Crippen LogP contribution >= 0.6 is 11.6 Å². The molecule has 2 aliphatic rings. The fourth-order valence-corrected chi connectivity index (χ4v) is 5.66. The minimum absolute atomic E-state index is 0.100. The van der Waals surface area contributed by atoms with Gasteiger partial charge in [-0.3, -0.25) is 9.10 Å². The van der Waals surface area contributed by atoms with Gasteiger partial charge in [-0.2, -0.15) is 0 Å². The molecule has 142 valence electrons. The number of nitrogens with zero attached hydrogens (tertiary/aromatic N) is 2. The molecule has 0 unspecified atom stereocenters. The number of fused-ring (bicyclic) bond motifs is 1. The molecule has 0 aromatic heterocycles. The van der Waals surface area contributed by atoms with Gasteiger partial charge in [0.25, 0.3) is 5.91 Å². The Hall–Kier alpha value is -2.05. The summed E-state index contributed by atoms with van der Waals surface area (Å²) in [5.74, 6) is 0.0153. The fourth-order valence-electron chi connectivity index (χ4n) is 3.75. The standard InChI is InChI=1S/C20H21ClN2O3S/c21-18-8-7-16(13-19(18)23-10-3-4-12-27(23,25)26)20(24)22-11-9-15-5-1-2-6-17(15)14-22/h1-2,5-8,13H,3-4,9-12,14H2. The quantitative estimate of drug-likeness (QED) is 0.770. The Morgan fingerprint density at radius 1 is 1.00 bits per heavy atom. The molecule has 7 heteroatoms. The summed E-state index contributed by atoms with van der Waals surface area (Å²) in [5, 5.41) is 0.348. The first-order valence-electron chi connectivity index (χ1n) is 9.12. The lowest BCUT2D eigenvalue weighted by Gasteiger charge is -2.31. The van der Waals surface area contributed by atoms with E-state index < -0.39 is 10.0 Å². The van der Waals surface area contributed by atoms with Crippen molar-refractivity contribution in [1.29, 1.82) is 0 Å². The number of benzene rings is 2. The highest BCUT2D eigenvalue weighted by Gasteiger charge is 2.29. The van der Waals surface area contributed by atoms with Crippen molar-refractivity contribution >= 4 is 33.2 Å². The zero-order chi connectivity index (χ0) is 19.0. The molecule has 5 nitrogen and oxygen atoms in total. The molecular formula is C20H21ClN2O3S. The van der Waals surface area contributed by atoms with Gasteiger partial charge >= 0.3 is 0 Å². The predicted octanol–water partition coefficient (Wildman–Crippen LogP) is 3.47. The van der Waals surface area contributed by atoms with Gasteiger partial charge in [0.15, 0.2) is 0 Å². The Morgan fingerprint density at radius 2 is 1.78 bits per heavy atom. The van der Waals surface area contributed by atoms with Crippen LogP contribution in [0.1, 0.15) is 34.3 Å². The van der Waals surface area contributed by atoms with Crippen LogP contribution in [0.2, 0.25) is 5.02 Å². The molecule has 0 spiro atoms. The second kappa shape index (κ2) is 7.17. The number of carbonyl (C=O) groups is 1. The number of carbonyl (C=O) groups excluding carboxylic acids is 1. The summed E-state index contributed by atoms with van der Waals surface area (Å²) in [4.78, 5) is 14.8. The van der Waals surface area contributed by atoms with Crippen LogP contribution in [-0.4, -0.2) is 38.1 Å². The third-order valence-corrected chi connectivity index (χ3v) is 7.40. The van der Waals surface area contributed by atoms with E-state index >= 15 is 0 Å². The Kier molecular flexibility index (Phi) is 4.86. The molecule has 27 heavy (non-hydrogen) atoms. The van der Waals surface area contributed by atoms with Crippen molar-refractivity contribution in [3.05, 3.63) is 64.2 Å². The topological polar surface area (TPSA) is 57.7 Å². The van der Waals surface area contributed by atoms with Gasteiger partial charge in [-0.05, 0) is 48.6 Å². The fraction of sp³-hybridized carbons (Fsp3) is 0.350. The number of hydrogen-bond donors (Lipinski definition) is 0. The van der Waals surface area contributed by atoms with E-state index in [1.54, 1.807) is 23.1 Å². The summed E-state index contributed by atoms with van der Waals surface area (Å²) >= 11 is 6.28. The number of amides is 1. The van der Waals surface area contributed by atoms with E-state index in [9.17, 15) is 13.2 Å². The van der Waals surface area contributed by atoms with E-state index in [-0.39, 0.29) is 11.7 Å². The van der Waals surface area contributed by atoms with Gasteiger partial charge in [0, 0.05) is 25.2 Å². The number of sulfonamides is 1. The molecule has 1 amide bonds. The van der Waals surface area contributed by atoms with Crippen LogP contribution in [0.15, 0.2) is 42.5 Å². The Labute approximate surface area is 164 Å². The number of halogens is 1. The Bertz CT molecular complexity index is 990. The third-order valence-electron chi connectivity index (χ3n) is 5.23. The lowest BCUT2D eigenvalue weighted by molar-refractivity contribution is 0.0734. The second-order valence-corrected chi connectivity index (χ2v) is 9.43. The average molecular weight is 405 g/mol. The van der Waals surface area contributed by atoms with Crippen LogP contribution in [0.5, 0.6) is 0 Å². The molecule has 1 fully saturated rings. The molecule has 0 bridgehead atoms. The van der Waals surface area contributed by atoms with Gasteiger partial charge in [-0.25, -0.2) is 8.42 Å². The normalized spacial score (nSPS) is 18.9. The van der Waals surface area contributed by atoms with Crippen LogP contribution in [-0.2, 0) is 23.0 Å². The Balaban J connectivity index is 1.62. The largest absolute Gasteiger partial charge is 0.334 e. The SMILES string of the molecule is O=C(c1ccc(Cl)c(N2CCCCS2(=O)=O)c1)N1CCc2ccccc2C1. The minimum atomic E-state index is -3.38. The van der Waals surface area contributed by atoms with Gasteiger partial charge in [0.05, 0.1) is 16.5 Å². The summed E-state index contributed by atoms with van der Waals surface area (Å²) in [5.41, 5.74) is 3.30. The third kappa shape index (κ3) is 3.56. The molecule has 0 N–H and O–H groups in total. The van der Waals surface area contributed by atoms with Crippen LogP contribution in [0, 0.1) is 0 Å². The smallest absolute Gasteiger partial charge is 0.254 e. The first-order chi connectivity index (χ1) is 13.0. The van der Waals surface area contributed by atoms with E-state index in [1.807, 2.05) is 18.2 Å². The molecule has 2 aromatic carbocycles. The van der Waals surface area contributed by atoms with E-state index in [0.717, 1.165) is 18.4 Å². The maximum Gasteiger partial charge on any atom is 0.254 e. The number of hydrogen-bond acceptors (Lipinski definition) is 3. The number of rotatable bonds is 2. The lowest BCUT2D eigenvalue weighted by atomic mass is 9.99. The summed E-state index contributed by atoms with van der Waals surface area (Å²) in [6.07, 6.45) is 2.27. The highest BCUT2D eigenvalue weighted by atomic mass is 35.5. The minimum Gasteiger partial charge on any atom is -0.334 e. The zero-order valence-electron chi connectivity index (χ0n) is 14.9. The van der Waals surface area contributed by atoms with Crippen molar-refractivity contribution in [3.63, 3.8) is 0 Å². The van der Waals surface area contributed by atoms with Crippen molar-refractivity contribution in [3.8, 4) is 0 Å². The molecule has 0 radical (unpaired) electrons. The van der Waals surface area contributed by atoms with Gasteiger partial charge in [0.1, 0.15) is 0 Å². The first-order valence-corrected chi connectivity index (χ1v) is 11.1. The maximum absolute atomic E-state index is 13.0. The molecule has 2 aromatic rings. The van der Waals surface area contributed by atoms with Crippen LogP contribution in [0.25, 0.3) is 0 Å². The van der Waals surface area contributed by atoms with Crippen LogP contribution < -0.4 is 4.31 Å². The van der Waals surface area contributed by atoms with Crippen LogP contribution in [0.3, 0.4) is 0 Å². The monoisotopic (exact) mass is 404 g/mol. The Morgan fingerprint density at radius 3 is 2.56 bits per heavy atom. The summed E-state index contributed by atoms with van der Waals surface area (Å²) in [6, 6.07) is 13.0. The molecule has 0 aliphatic carbocycles. The molecular weight excluding hydrogens is 384 g/mol. The van der Waals surface area contributed by atoms with Crippen molar-refractivity contribution in [2.75, 3.05) is 23.1 Å². The highest BCUT2D eigenvalue weighted by molar-refractivity contribution is 7.92. The summed E-state index contributed by atoms with van der Waals surface area (Å²) in [7, 11) is -3.38. The number of anilines is 1. The molecule has 0 atom stereocenters. The van der Waals surface area contributed by atoms with Crippen molar-refractivity contribution in [2.24, 2.45) is 0 Å². The van der Waals surface area contributed by atoms with Gasteiger partial charge < -0.3 is 4.90 Å². The molecule has 0 saturated carbocycles.